The summed E-state index contributed by atoms with van der Waals surface area (Å²) >= 11 is 0. The number of piperidine rings is 1. The predicted octanol–water partition coefficient (Wildman–Crippen LogP) is 1.60. The van der Waals surface area contributed by atoms with Crippen molar-refractivity contribution in [3.8, 4) is 6.07 Å². The van der Waals surface area contributed by atoms with Gasteiger partial charge in [0.25, 0.3) is 5.91 Å². The molecule has 1 N–H and O–H groups in total. The van der Waals surface area contributed by atoms with Crippen LogP contribution in [-0.4, -0.2) is 50.8 Å². The summed E-state index contributed by atoms with van der Waals surface area (Å²) in [6, 6.07) is 12.1. The second-order valence-electron chi connectivity index (χ2n) is 7.85. The number of likely N-dealkylation sites (tertiary alicyclic amines) is 1. The van der Waals surface area contributed by atoms with Gasteiger partial charge < -0.3 is 10.2 Å². The zero-order valence-corrected chi connectivity index (χ0v) is 16.2. The maximum atomic E-state index is 12.5. The smallest absolute Gasteiger partial charge is 0.273 e. The van der Waals surface area contributed by atoms with Gasteiger partial charge in [-0.15, -0.1) is 5.10 Å². The Labute approximate surface area is 169 Å². The Morgan fingerprint density at radius 1 is 1.17 bits per heavy atom. The van der Waals surface area contributed by atoms with E-state index in [2.05, 4.69) is 21.7 Å². The molecule has 8 nitrogen and oxygen atoms in total. The van der Waals surface area contributed by atoms with E-state index in [1.807, 2.05) is 35.2 Å². The highest BCUT2D eigenvalue weighted by Gasteiger charge is 2.37. The van der Waals surface area contributed by atoms with Crippen LogP contribution < -0.4 is 5.32 Å². The van der Waals surface area contributed by atoms with Crippen molar-refractivity contribution in [3.05, 3.63) is 47.8 Å². The maximum Gasteiger partial charge on any atom is 0.273 e. The molecule has 4 rings (SSSR count). The van der Waals surface area contributed by atoms with E-state index in [4.69, 9.17) is 5.26 Å². The highest BCUT2D eigenvalue weighted by atomic mass is 16.2. The van der Waals surface area contributed by atoms with Crippen LogP contribution in [0.5, 0.6) is 0 Å². The number of amides is 2. The van der Waals surface area contributed by atoms with Crippen molar-refractivity contribution in [2.24, 2.45) is 11.8 Å². The number of nitrogens with one attached hydrogen (secondary N) is 1. The first-order valence-corrected chi connectivity index (χ1v) is 10.1. The van der Waals surface area contributed by atoms with Gasteiger partial charge in [-0.25, -0.2) is 4.68 Å². The minimum absolute atomic E-state index is 0.00504. The SMILES string of the molecule is N#CC1CC(C(=O)N2CCC(NC(=O)c3cn(Cc4ccccc4)nn3)CC2)C1. The number of benzene rings is 1. The van der Waals surface area contributed by atoms with Gasteiger partial charge in [-0.1, -0.05) is 35.5 Å². The van der Waals surface area contributed by atoms with Crippen LogP contribution in [0.2, 0.25) is 0 Å². The first-order chi connectivity index (χ1) is 14.1. The first kappa shape index (κ1) is 19.1. The van der Waals surface area contributed by atoms with Crippen molar-refractivity contribution < 1.29 is 9.59 Å². The first-order valence-electron chi connectivity index (χ1n) is 10.1. The third kappa shape index (κ3) is 4.45. The molecule has 150 valence electrons. The van der Waals surface area contributed by atoms with Gasteiger partial charge in [0.05, 0.1) is 18.8 Å². The van der Waals surface area contributed by atoms with E-state index in [9.17, 15) is 9.59 Å². The minimum atomic E-state index is -0.232. The molecule has 2 amide bonds. The Kier molecular flexibility index (Phi) is 5.56. The summed E-state index contributed by atoms with van der Waals surface area (Å²) in [7, 11) is 0. The largest absolute Gasteiger partial charge is 0.348 e. The molecule has 0 bridgehead atoms. The number of carbonyl (C=O) groups is 2. The van der Waals surface area contributed by atoms with Crippen molar-refractivity contribution >= 4 is 11.8 Å². The van der Waals surface area contributed by atoms with E-state index in [1.54, 1.807) is 10.9 Å². The quantitative estimate of drug-likeness (QED) is 0.832. The van der Waals surface area contributed by atoms with Crippen molar-refractivity contribution in [1.29, 1.82) is 5.26 Å². The standard InChI is InChI=1S/C21H24N6O2/c22-12-16-10-17(11-16)21(29)26-8-6-18(7-9-26)23-20(28)19-14-27(25-24-19)13-15-4-2-1-3-5-15/h1-5,14,16-18H,6-11,13H2,(H,23,28). The Bertz CT molecular complexity index is 905. The van der Waals surface area contributed by atoms with Gasteiger partial charge in [-0.05, 0) is 31.2 Å². The molecule has 0 spiro atoms. The molecule has 1 saturated heterocycles. The lowest BCUT2D eigenvalue weighted by Crippen LogP contribution is -2.49. The molecule has 1 aliphatic carbocycles. The number of rotatable bonds is 5. The maximum absolute atomic E-state index is 12.5. The highest BCUT2D eigenvalue weighted by Crippen LogP contribution is 2.34. The summed E-state index contributed by atoms with van der Waals surface area (Å²) in [6.07, 6.45) is 4.48. The number of aromatic nitrogens is 3. The van der Waals surface area contributed by atoms with Gasteiger partial charge in [0.2, 0.25) is 5.91 Å². The van der Waals surface area contributed by atoms with Gasteiger partial charge in [-0.2, -0.15) is 5.26 Å². The molecule has 1 aromatic heterocycles. The number of hydrogen-bond acceptors (Lipinski definition) is 5. The van der Waals surface area contributed by atoms with Crippen molar-refractivity contribution in [1.82, 2.24) is 25.2 Å². The normalized spacial score (nSPS) is 21.8. The summed E-state index contributed by atoms with van der Waals surface area (Å²) in [5, 5.41) is 19.9. The van der Waals surface area contributed by atoms with Crippen LogP contribution in [0.4, 0.5) is 0 Å². The monoisotopic (exact) mass is 392 g/mol. The third-order valence-corrected chi connectivity index (χ3v) is 5.77. The fourth-order valence-corrected chi connectivity index (χ4v) is 3.94. The Hall–Kier alpha value is -3.21. The molecule has 0 atom stereocenters. The van der Waals surface area contributed by atoms with E-state index in [0.29, 0.717) is 38.2 Å². The average molecular weight is 392 g/mol. The molecule has 2 heterocycles. The second kappa shape index (κ2) is 8.43. The lowest BCUT2D eigenvalue weighted by Gasteiger charge is -2.38. The van der Waals surface area contributed by atoms with E-state index >= 15 is 0 Å². The summed E-state index contributed by atoms with van der Waals surface area (Å²) in [4.78, 5) is 26.8. The lowest BCUT2D eigenvalue weighted by molar-refractivity contribution is -0.140. The fourth-order valence-electron chi connectivity index (χ4n) is 3.94. The molecule has 2 aromatic rings. The van der Waals surface area contributed by atoms with Gasteiger partial charge in [0.15, 0.2) is 5.69 Å². The van der Waals surface area contributed by atoms with Gasteiger partial charge in [0.1, 0.15) is 0 Å². The van der Waals surface area contributed by atoms with Gasteiger partial charge >= 0.3 is 0 Å². The van der Waals surface area contributed by atoms with Crippen LogP contribution in [0.3, 0.4) is 0 Å². The van der Waals surface area contributed by atoms with Gasteiger partial charge in [-0.3, -0.25) is 9.59 Å². The van der Waals surface area contributed by atoms with Crippen LogP contribution in [-0.2, 0) is 11.3 Å². The van der Waals surface area contributed by atoms with Crippen LogP contribution in [0.15, 0.2) is 36.5 Å². The fraction of sp³-hybridized carbons (Fsp3) is 0.476. The van der Waals surface area contributed by atoms with Crippen molar-refractivity contribution in [2.45, 2.75) is 38.3 Å². The molecule has 1 aliphatic heterocycles. The Morgan fingerprint density at radius 3 is 2.59 bits per heavy atom. The molecular formula is C21H24N6O2. The summed E-state index contributed by atoms with van der Waals surface area (Å²) in [5.74, 6) is -0.0309. The van der Waals surface area contributed by atoms with E-state index in [-0.39, 0.29) is 29.7 Å². The molecule has 2 fully saturated rings. The summed E-state index contributed by atoms with van der Waals surface area (Å²) in [6.45, 7) is 1.84. The van der Waals surface area contributed by atoms with Crippen LogP contribution in [0, 0.1) is 23.2 Å². The van der Waals surface area contributed by atoms with Gasteiger partial charge in [0, 0.05) is 31.0 Å². The molecule has 1 saturated carbocycles. The lowest BCUT2D eigenvalue weighted by atomic mass is 9.75. The second-order valence-corrected chi connectivity index (χ2v) is 7.85. The zero-order chi connectivity index (χ0) is 20.2. The topological polar surface area (TPSA) is 104 Å². The molecule has 0 unspecified atom stereocenters. The van der Waals surface area contributed by atoms with Crippen molar-refractivity contribution in [3.63, 3.8) is 0 Å². The van der Waals surface area contributed by atoms with E-state index in [0.717, 1.165) is 18.4 Å². The molecule has 1 aromatic carbocycles. The third-order valence-electron chi connectivity index (χ3n) is 5.77. The van der Waals surface area contributed by atoms with Crippen LogP contribution in [0.1, 0.15) is 41.7 Å². The zero-order valence-electron chi connectivity index (χ0n) is 16.2. The molecule has 0 radical (unpaired) electrons. The van der Waals surface area contributed by atoms with Crippen LogP contribution >= 0.6 is 0 Å². The summed E-state index contributed by atoms with van der Waals surface area (Å²) < 4.78 is 1.65. The molecule has 2 aliphatic rings. The predicted molar refractivity (Wildman–Crippen MR) is 104 cm³/mol. The number of nitriles is 1. The van der Waals surface area contributed by atoms with Crippen molar-refractivity contribution in [2.75, 3.05) is 13.1 Å². The summed E-state index contributed by atoms with van der Waals surface area (Å²) in [5.41, 5.74) is 1.39. The average Bonchev–Trinajstić information content (AvgIpc) is 3.17. The number of carbonyl (C=O) groups excluding carboxylic acids is 2. The molecule has 8 heteroatoms. The Morgan fingerprint density at radius 2 is 1.90 bits per heavy atom. The number of hydrogen-bond donors (Lipinski definition) is 1. The Balaban J connectivity index is 1.24. The minimum Gasteiger partial charge on any atom is -0.348 e. The highest BCUT2D eigenvalue weighted by molar-refractivity contribution is 5.92. The van der Waals surface area contributed by atoms with Crippen LogP contribution in [0.25, 0.3) is 0 Å². The van der Waals surface area contributed by atoms with E-state index < -0.39 is 0 Å². The molecular weight excluding hydrogens is 368 g/mol. The number of nitrogens with zero attached hydrogens (tertiary/aromatic N) is 5. The van der Waals surface area contributed by atoms with E-state index in [1.165, 1.54) is 0 Å². The molecule has 29 heavy (non-hydrogen) atoms.